The van der Waals surface area contributed by atoms with Crippen molar-refractivity contribution in [1.29, 1.82) is 0 Å². The molecule has 0 fully saturated rings. The highest BCUT2D eigenvalue weighted by Crippen LogP contribution is 2.33. The summed E-state index contributed by atoms with van der Waals surface area (Å²) in [4.78, 5) is 0. The lowest BCUT2D eigenvalue weighted by Gasteiger charge is -2.19. The lowest BCUT2D eigenvalue weighted by Crippen LogP contribution is -2.35. The van der Waals surface area contributed by atoms with E-state index < -0.39 is 0 Å². The standard InChI is InChI=1S/C27H36N/c1-9-20-14-22(10-2)19(4)25(16-20)26-24-12-11-21(17-27(5,6)7)15-23(24)13-18(3)28(26)8/h11-16H,9-10,17H2,1-8H3/q+1. The molecule has 0 aliphatic heterocycles. The van der Waals surface area contributed by atoms with E-state index in [2.05, 4.69) is 96.5 Å². The highest BCUT2D eigenvalue weighted by molar-refractivity contribution is 5.94. The van der Waals surface area contributed by atoms with Crippen molar-refractivity contribution in [1.82, 2.24) is 0 Å². The molecule has 3 aromatic rings. The molecular formula is C27H36N+. The number of pyridine rings is 1. The number of hydrogen-bond donors (Lipinski definition) is 0. The van der Waals surface area contributed by atoms with Crippen LogP contribution >= 0.6 is 0 Å². The maximum atomic E-state index is 2.41. The average molecular weight is 375 g/mol. The number of benzene rings is 2. The lowest BCUT2D eigenvalue weighted by molar-refractivity contribution is -0.665. The van der Waals surface area contributed by atoms with E-state index in [0.29, 0.717) is 5.41 Å². The molecule has 0 saturated carbocycles. The van der Waals surface area contributed by atoms with E-state index in [1.165, 1.54) is 50.0 Å². The van der Waals surface area contributed by atoms with Crippen LogP contribution in [0.5, 0.6) is 0 Å². The Morgan fingerprint density at radius 3 is 2.18 bits per heavy atom. The van der Waals surface area contributed by atoms with Crippen molar-refractivity contribution in [3.05, 3.63) is 64.3 Å². The van der Waals surface area contributed by atoms with Gasteiger partial charge in [0.05, 0.1) is 10.9 Å². The molecular weight excluding hydrogens is 338 g/mol. The number of aromatic nitrogens is 1. The predicted octanol–water partition coefficient (Wildman–Crippen LogP) is 6.66. The first-order chi connectivity index (χ1) is 13.1. The molecule has 0 bridgehead atoms. The van der Waals surface area contributed by atoms with E-state index in [9.17, 15) is 0 Å². The third-order valence-electron chi connectivity index (χ3n) is 5.95. The first-order valence-electron chi connectivity index (χ1n) is 10.7. The molecule has 0 N–H and O–H groups in total. The van der Waals surface area contributed by atoms with E-state index in [4.69, 9.17) is 0 Å². The smallest absolute Gasteiger partial charge is 0.198 e. The Bertz CT molecular complexity index is 1020. The van der Waals surface area contributed by atoms with Gasteiger partial charge in [-0.3, -0.25) is 0 Å². The molecule has 0 aliphatic carbocycles. The predicted molar refractivity (Wildman–Crippen MR) is 122 cm³/mol. The van der Waals surface area contributed by atoms with Crippen LogP contribution < -0.4 is 4.57 Å². The van der Waals surface area contributed by atoms with Crippen LogP contribution in [-0.2, 0) is 26.3 Å². The molecule has 0 amide bonds. The minimum atomic E-state index is 0.299. The topological polar surface area (TPSA) is 3.88 Å². The zero-order valence-corrected chi connectivity index (χ0v) is 19.0. The Labute approximate surface area is 171 Å². The third kappa shape index (κ3) is 3.99. The van der Waals surface area contributed by atoms with Crippen LogP contribution in [0.15, 0.2) is 36.4 Å². The minimum absolute atomic E-state index is 0.299. The Kier molecular flexibility index (Phi) is 5.66. The van der Waals surface area contributed by atoms with Gasteiger partial charge in [-0.15, -0.1) is 0 Å². The Morgan fingerprint density at radius 2 is 1.57 bits per heavy atom. The van der Waals surface area contributed by atoms with Crippen molar-refractivity contribution in [3.63, 3.8) is 0 Å². The van der Waals surface area contributed by atoms with Crippen LogP contribution in [0.2, 0.25) is 0 Å². The number of rotatable bonds is 4. The molecule has 0 unspecified atom stereocenters. The average Bonchev–Trinajstić information content (AvgIpc) is 2.62. The lowest BCUT2D eigenvalue weighted by atomic mass is 9.86. The normalized spacial score (nSPS) is 12.0. The van der Waals surface area contributed by atoms with Crippen LogP contribution in [0.25, 0.3) is 22.0 Å². The Morgan fingerprint density at radius 1 is 0.857 bits per heavy atom. The van der Waals surface area contributed by atoms with Gasteiger partial charge >= 0.3 is 0 Å². The van der Waals surface area contributed by atoms with Crippen molar-refractivity contribution in [2.75, 3.05) is 0 Å². The first-order valence-corrected chi connectivity index (χ1v) is 10.7. The Hall–Kier alpha value is -2.15. The summed E-state index contributed by atoms with van der Waals surface area (Å²) in [5, 5.41) is 2.70. The van der Waals surface area contributed by atoms with E-state index in [1.807, 2.05) is 0 Å². The molecule has 0 spiro atoms. The number of fused-ring (bicyclic) bond motifs is 1. The van der Waals surface area contributed by atoms with Gasteiger partial charge < -0.3 is 0 Å². The molecule has 0 saturated heterocycles. The Balaban J connectivity index is 2.31. The number of nitrogens with zero attached hydrogens (tertiary/aromatic N) is 1. The van der Waals surface area contributed by atoms with Gasteiger partial charge in [0.2, 0.25) is 5.69 Å². The summed E-state index contributed by atoms with van der Waals surface area (Å²) < 4.78 is 2.37. The second-order valence-corrected chi connectivity index (χ2v) is 9.49. The van der Waals surface area contributed by atoms with Gasteiger partial charge in [0.25, 0.3) is 0 Å². The van der Waals surface area contributed by atoms with Crippen molar-refractivity contribution < 1.29 is 4.57 Å². The van der Waals surface area contributed by atoms with Crippen LogP contribution in [-0.4, -0.2) is 0 Å². The fourth-order valence-corrected chi connectivity index (χ4v) is 4.33. The van der Waals surface area contributed by atoms with Crippen molar-refractivity contribution >= 4 is 10.8 Å². The maximum absolute atomic E-state index is 2.41. The summed E-state index contributed by atoms with van der Waals surface area (Å²) in [6, 6.07) is 14.2. The van der Waals surface area contributed by atoms with Crippen LogP contribution in [0, 0.1) is 19.3 Å². The monoisotopic (exact) mass is 374 g/mol. The summed E-state index contributed by atoms with van der Waals surface area (Å²) in [6.45, 7) is 16.0. The molecule has 28 heavy (non-hydrogen) atoms. The molecule has 0 aliphatic rings. The molecule has 0 radical (unpaired) electrons. The fraction of sp³-hybridized carbons (Fsp3) is 0.444. The molecule has 148 valence electrons. The van der Waals surface area contributed by atoms with Crippen LogP contribution in [0.4, 0.5) is 0 Å². The highest BCUT2D eigenvalue weighted by Gasteiger charge is 2.22. The van der Waals surface area contributed by atoms with Crippen molar-refractivity contribution in [3.8, 4) is 11.3 Å². The van der Waals surface area contributed by atoms with E-state index >= 15 is 0 Å². The molecule has 0 atom stereocenters. The van der Waals surface area contributed by atoms with Crippen LogP contribution in [0.3, 0.4) is 0 Å². The second kappa shape index (κ2) is 7.70. The van der Waals surface area contributed by atoms with Gasteiger partial charge in [-0.25, -0.2) is 0 Å². The summed E-state index contributed by atoms with van der Waals surface area (Å²) >= 11 is 0. The van der Waals surface area contributed by atoms with Crippen molar-refractivity contribution in [2.45, 2.75) is 67.7 Å². The summed E-state index contributed by atoms with van der Waals surface area (Å²) in [6.07, 6.45) is 3.25. The zero-order valence-electron chi connectivity index (χ0n) is 19.0. The van der Waals surface area contributed by atoms with E-state index in [-0.39, 0.29) is 0 Å². The zero-order chi connectivity index (χ0) is 20.6. The minimum Gasteiger partial charge on any atom is -0.198 e. The third-order valence-corrected chi connectivity index (χ3v) is 5.95. The van der Waals surface area contributed by atoms with Gasteiger partial charge in [-0.1, -0.05) is 52.8 Å². The van der Waals surface area contributed by atoms with Gasteiger partial charge in [-0.2, -0.15) is 4.57 Å². The van der Waals surface area contributed by atoms with E-state index in [1.54, 1.807) is 0 Å². The summed E-state index contributed by atoms with van der Waals surface area (Å²) in [7, 11) is 2.21. The fourth-order valence-electron chi connectivity index (χ4n) is 4.33. The van der Waals surface area contributed by atoms with Gasteiger partial charge in [0.15, 0.2) is 5.69 Å². The second-order valence-electron chi connectivity index (χ2n) is 9.49. The van der Waals surface area contributed by atoms with Gasteiger partial charge in [-0.05, 0) is 71.4 Å². The molecule has 1 aromatic heterocycles. The molecule has 1 heterocycles. The quantitative estimate of drug-likeness (QED) is 0.449. The van der Waals surface area contributed by atoms with Gasteiger partial charge in [0.1, 0.15) is 7.05 Å². The molecule has 1 nitrogen and oxygen atoms in total. The first kappa shape index (κ1) is 20.6. The molecule has 1 heteroatoms. The maximum Gasteiger partial charge on any atom is 0.220 e. The van der Waals surface area contributed by atoms with E-state index in [0.717, 1.165) is 19.3 Å². The molecule has 2 aromatic carbocycles. The van der Waals surface area contributed by atoms with Crippen LogP contribution in [0.1, 0.15) is 62.6 Å². The van der Waals surface area contributed by atoms with Crippen molar-refractivity contribution in [2.24, 2.45) is 12.5 Å². The summed E-state index contributed by atoms with van der Waals surface area (Å²) in [5.41, 5.74) is 10.1. The largest absolute Gasteiger partial charge is 0.220 e. The highest BCUT2D eigenvalue weighted by atomic mass is 14.9. The molecule has 3 rings (SSSR count). The number of aryl methyl sites for hydroxylation is 3. The SMILES string of the molecule is CCc1cc(CC)c(C)c(-c2c3ccc(CC(C)(C)C)cc3cc(C)[n+]2C)c1. The summed E-state index contributed by atoms with van der Waals surface area (Å²) in [5.74, 6) is 0. The number of hydrogen-bond acceptors (Lipinski definition) is 0. The van der Waals surface area contributed by atoms with Gasteiger partial charge in [0, 0.05) is 13.0 Å².